The highest BCUT2D eigenvalue weighted by Crippen LogP contribution is 2.33. The Kier molecular flexibility index (Phi) is 10.2. The molecule has 0 bridgehead atoms. The van der Waals surface area contributed by atoms with E-state index in [1.807, 2.05) is 0 Å². The van der Waals surface area contributed by atoms with Gasteiger partial charge in [-0.1, -0.05) is 0 Å². The number of hydrogen-bond donors (Lipinski definition) is 10. The molecule has 37 heavy (non-hydrogen) atoms. The number of aliphatic hydroxyl groups excluding tert-OH is 9. The summed E-state index contributed by atoms with van der Waals surface area (Å²) in [5, 5.41) is 90.7. The minimum absolute atomic E-state index is 0.831. The van der Waals surface area contributed by atoms with E-state index >= 15 is 0 Å². The SMILES string of the molecule is C[C@@H]1O[C@@H](O[C@H]2[C@H](O[C@@H]3O[C@H](CO)[C@H](O)[C@H](O)[C@H]3O)[C@@H](COS(=O)(=O)O)OC(O)[C@@H]2O)[C@@H](O)[C@H](O)[C@@H]1O. The van der Waals surface area contributed by atoms with E-state index in [-0.39, 0.29) is 0 Å². The van der Waals surface area contributed by atoms with Crippen LogP contribution in [-0.2, 0) is 38.3 Å². The fraction of sp³-hybridized carbons (Fsp3) is 1.00. The summed E-state index contributed by atoms with van der Waals surface area (Å²) in [6.07, 6.45) is -26.4. The third kappa shape index (κ3) is 6.91. The van der Waals surface area contributed by atoms with Crippen LogP contribution in [0.25, 0.3) is 0 Å². The van der Waals surface area contributed by atoms with Gasteiger partial charge in [0.2, 0.25) is 0 Å². The smallest absolute Gasteiger partial charge is 0.394 e. The topological polar surface area (TPSA) is 292 Å². The molecule has 3 fully saturated rings. The van der Waals surface area contributed by atoms with Crippen LogP contribution in [0.4, 0.5) is 0 Å². The average Bonchev–Trinajstić information content (AvgIpc) is 2.83. The van der Waals surface area contributed by atoms with Crippen molar-refractivity contribution in [3.8, 4) is 0 Å². The van der Waals surface area contributed by atoms with Crippen LogP contribution in [0.1, 0.15) is 6.92 Å². The molecular formula is C18H32O18S. The average molecular weight is 569 g/mol. The molecule has 0 saturated carbocycles. The van der Waals surface area contributed by atoms with E-state index in [0.717, 1.165) is 0 Å². The summed E-state index contributed by atoms with van der Waals surface area (Å²) >= 11 is 0. The largest absolute Gasteiger partial charge is 0.397 e. The normalized spacial score (nSPS) is 49.6. The highest BCUT2D eigenvalue weighted by Gasteiger charge is 2.53. The molecule has 218 valence electrons. The van der Waals surface area contributed by atoms with E-state index in [4.69, 9.17) is 28.2 Å². The van der Waals surface area contributed by atoms with Gasteiger partial charge in [0.1, 0.15) is 67.1 Å². The Labute approximate surface area is 210 Å². The Morgan fingerprint density at radius 2 is 1.22 bits per heavy atom. The van der Waals surface area contributed by atoms with E-state index < -0.39 is 116 Å². The standard InChI is InChI=1S/C18H32O18S/c1-4-7(20)9(22)11(24)17(32-4)36-15-13(26)16(27)33-6(3-31-37(28,29)30)14(15)35-18-12(25)10(23)8(21)5(2-19)34-18/h4-27H,2-3H2,1H3,(H,28,29,30)/t4-,5+,6+,7+,8-,9+,10-,11-,12+,13+,14+,15+,16?,17-,18-/m0/s1. The van der Waals surface area contributed by atoms with E-state index in [0.29, 0.717) is 0 Å². The molecule has 10 N–H and O–H groups in total. The van der Waals surface area contributed by atoms with Crippen LogP contribution in [0, 0.1) is 0 Å². The molecule has 0 spiro atoms. The molecule has 0 aromatic carbocycles. The van der Waals surface area contributed by atoms with Gasteiger partial charge in [-0.15, -0.1) is 0 Å². The molecule has 0 aliphatic carbocycles. The van der Waals surface area contributed by atoms with Crippen molar-refractivity contribution in [3.05, 3.63) is 0 Å². The van der Waals surface area contributed by atoms with Gasteiger partial charge in [-0.2, -0.15) is 8.42 Å². The molecule has 3 rings (SSSR count). The van der Waals surface area contributed by atoms with Crippen LogP contribution in [-0.4, -0.2) is 164 Å². The van der Waals surface area contributed by atoms with E-state index in [1.54, 1.807) is 0 Å². The maximum atomic E-state index is 11.1. The molecule has 0 aromatic heterocycles. The molecule has 3 aliphatic rings. The molecule has 19 heteroatoms. The lowest BCUT2D eigenvalue weighted by Gasteiger charge is -2.48. The zero-order valence-electron chi connectivity index (χ0n) is 19.2. The fourth-order valence-corrected chi connectivity index (χ4v) is 4.44. The maximum Gasteiger partial charge on any atom is 0.397 e. The first-order chi connectivity index (χ1) is 17.2. The van der Waals surface area contributed by atoms with Crippen molar-refractivity contribution in [2.75, 3.05) is 13.2 Å². The fourth-order valence-electron chi connectivity index (χ4n) is 4.13. The van der Waals surface area contributed by atoms with Gasteiger partial charge >= 0.3 is 10.4 Å². The Hall–Kier alpha value is -0.690. The van der Waals surface area contributed by atoms with Crippen LogP contribution >= 0.6 is 0 Å². The van der Waals surface area contributed by atoms with Gasteiger partial charge in [0, 0.05) is 0 Å². The second-order valence-electron chi connectivity index (χ2n) is 8.85. The summed E-state index contributed by atoms with van der Waals surface area (Å²) in [5.41, 5.74) is 0. The Balaban J connectivity index is 1.91. The third-order valence-corrected chi connectivity index (χ3v) is 6.69. The highest BCUT2D eigenvalue weighted by molar-refractivity contribution is 7.80. The van der Waals surface area contributed by atoms with Gasteiger partial charge in [-0.25, -0.2) is 4.18 Å². The highest BCUT2D eigenvalue weighted by atomic mass is 32.3. The minimum Gasteiger partial charge on any atom is -0.394 e. The van der Waals surface area contributed by atoms with Crippen molar-refractivity contribution < 1.29 is 86.8 Å². The second kappa shape index (κ2) is 12.2. The van der Waals surface area contributed by atoms with Crippen molar-refractivity contribution in [2.24, 2.45) is 0 Å². The monoisotopic (exact) mass is 568 g/mol. The van der Waals surface area contributed by atoms with Crippen LogP contribution in [0.5, 0.6) is 0 Å². The molecule has 0 amide bonds. The lowest BCUT2D eigenvalue weighted by molar-refractivity contribution is -0.382. The molecule has 15 atom stereocenters. The van der Waals surface area contributed by atoms with Gasteiger partial charge in [0.15, 0.2) is 18.9 Å². The molecule has 0 radical (unpaired) electrons. The first-order valence-electron chi connectivity index (χ1n) is 11.1. The molecule has 0 aromatic rings. The van der Waals surface area contributed by atoms with Crippen LogP contribution in [0.15, 0.2) is 0 Å². The van der Waals surface area contributed by atoms with Crippen molar-refractivity contribution in [1.29, 1.82) is 0 Å². The number of rotatable bonds is 8. The number of aliphatic hydroxyl groups is 9. The molecule has 1 unspecified atom stereocenters. The van der Waals surface area contributed by atoms with Crippen molar-refractivity contribution in [3.63, 3.8) is 0 Å². The Morgan fingerprint density at radius 1 is 0.676 bits per heavy atom. The van der Waals surface area contributed by atoms with Gasteiger partial charge in [0.25, 0.3) is 0 Å². The predicted molar refractivity (Wildman–Crippen MR) is 110 cm³/mol. The van der Waals surface area contributed by atoms with Crippen LogP contribution in [0.3, 0.4) is 0 Å². The minimum atomic E-state index is -5.06. The Bertz CT molecular complexity index is 843. The van der Waals surface area contributed by atoms with E-state index in [1.165, 1.54) is 6.92 Å². The molecule has 3 aliphatic heterocycles. The quantitative estimate of drug-likeness (QED) is 0.122. The van der Waals surface area contributed by atoms with Crippen molar-refractivity contribution in [1.82, 2.24) is 0 Å². The summed E-state index contributed by atoms with van der Waals surface area (Å²) in [6.45, 7) is -0.560. The molecule has 18 nitrogen and oxygen atoms in total. The van der Waals surface area contributed by atoms with Gasteiger partial charge in [-0.3, -0.25) is 4.55 Å². The maximum absolute atomic E-state index is 11.1. The van der Waals surface area contributed by atoms with Crippen LogP contribution < -0.4 is 0 Å². The van der Waals surface area contributed by atoms with Crippen LogP contribution in [0.2, 0.25) is 0 Å². The van der Waals surface area contributed by atoms with Gasteiger partial charge < -0.3 is 69.6 Å². The van der Waals surface area contributed by atoms with Gasteiger partial charge in [-0.05, 0) is 6.92 Å². The third-order valence-electron chi connectivity index (χ3n) is 6.25. The summed E-state index contributed by atoms with van der Waals surface area (Å²) in [7, 11) is -5.06. The first-order valence-corrected chi connectivity index (χ1v) is 12.5. The number of ether oxygens (including phenoxy) is 5. The molecular weight excluding hydrogens is 536 g/mol. The molecule has 3 heterocycles. The summed E-state index contributed by atoms with van der Waals surface area (Å²) in [6, 6.07) is 0. The summed E-state index contributed by atoms with van der Waals surface area (Å²) < 4.78 is 62.2. The van der Waals surface area contributed by atoms with E-state index in [9.17, 15) is 54.4 Å². The van der Waals surface area contributed by atoms with E-state index in [2.05, 4.69) is 4.18 Å². The van der Waals surface area contributed by atoms with Crippen molar-refractivity contribution >= 4 is 10.4 Å². The zero-order chi connectivity index (χ0) is 27.8. The Morgan fingerprint density at radius 3 is 1.78 bits per heavy atom. The predicted octanol–water partition coefficient (Wildman–Crippen LogP) is -6.72. The van der Waals surface area contributed by atoms with Gasteiger partial charge in [0.05, 0.1) is 19.3 Å². The first kappa shape index (κ1) is 30.8. The second-order valence-corrected chi connectivity index (χ2v) is 9.94. The lowest BCUT2D eigenvalue weighted by atomic mass is 9.96. The molecule has 3 saturated heterocycles. The summed E-state index contributed by atoms with van der Waals surface area (Å²) in [4.78, 5) is 0. The zero-order valence-corrected chi connectivity index (χ0v) is 20.0. The number of hydrogen-bond acceptors (Lipinski definition) is 17. The van der Waals surface area contributed by atoms with Crippen molar-refractivity contribution in [2.45, 2.75) is 99.0 Å². The summed E-state index contributed by atoms with van der Waals surface area (Å²) in [5.74, 6) is 0. The lowest BCUT2D eigenvalue weighted by Crippen LogP contribution is -2.66.